The summed E-state index contributed by atoms with van der Waals surface area (Å²) < 4.78 is 39.7. The average Bonchev–Trinajstić information content (AvgIpc) is 3.78. The van der Waals surface area contributed by atoms with Crippen LogP contribution in [0.5, 0.6) is 5.75 Å². The Labute approximate surface area is 303 Å². The van der Waals surface area contributed by atoms with Crippen LogP contribution in [0.3, 0.4) is 0 Å². The average molecular weight is 649 g/mol. The van der Waals surface area contributed by atoms with Crippen LogP contribution in [-0.4, -0.2) is 45.7 Å². The van der Waals surface area contributed by atoms with E-state index in [-0.39, 0.29) is 68.2 Å². The zero-order valence-corrected chi connectivity index (χ0v) is 29.3. The predicted molar refractivity (Wildman–Crippen MR) is 164 cm³/mol. The van der Waals surface area contributed by atoms with Crippen LogP contribution in [0.15, 0.2) is 47.7 Å². The van der Waals surface area contributed by atoms with E-state index in [1.807, 2.05) is 19.9 Å². The maximum Gasteiger partial charge on any atom is 1.00 e. The Kier molecular flexibility index (Phi) is 13.2. The first-order valence-electron chi connectivity index (χ1n) is 14.5. The number of methoxy groups -OCH3 is 1. The van der Waals surface area contributed by atoms with E-state index >= 15 is 0 Å². The Bertz CT molecular complexity index is 1540. The van der Waals surface area contributed by atoms with Crippen LogP contribution >= 0.6 is 11.8 Å². The van der Waals surface area contributed by atoms with E-state index in [0.29, 0.717) is 47.5 Å². The number of thioether (sulfide) groups is 1. The van der Waals surface area contributed by atoms with Gasteiger partial charge in [-0.2, -0.15) is 0 Å². The number of hydrogen-bond acceptors (Lipinski definition) is 8. The fourth-order valence-corrected chi connectivity index (χ4v) is 5.67. The third-order valence-electron chi connectivity index (χ3n) is 7.23. The van der Waals surface area contributed by atoms with E-state index < -0.39 is 17.6 Å². The fraction of sp³-hybridized carbons (Fsp3) is 0.452. The summed E-state index contributed by atoms with van der Waals surface area (Å²) in [5, 5.41) is 4.68. The number of nitrogens with zero attached hydrogens (tertiary/aromatic N) is 4. The molecule has 1 aliphatic carbocycles. The summed E-state index contributed by atoms with van der Waals surface area (Å²) in [7, 11) is 1.45. The molecule has 5 heterocycles. The molecule has 3 aliphatic rings. The van der Waals surface area contributed by atoms with Crippen molar-refractivity contribution in [3.63, 3.8) is 0 Å². The van der Waals surface area contributed by atoms with E-state index in [2.05, 4.69) is 32.7 Å². The first-order chi connectivity index (χ1) is 21.0. The van der Waals surface area contributed by atoms with Gasteiger partial charge in [-0.25, -0.2) is 19.2 Å². The van der Waals surface area contributed by atoms with Gasteiger partial charge in [0, 0.05) is 43.2 Å². The minimum absolute atomic E-state index is 0. The second-order valence-corrected chi connectivity index (χ2v) is 11.3. The van der Waals surface area contributed by atoms with Crippen molar-refractivity contribution in [2.75, 3.05) is 20.3 Å². The van der Waals surface area contributed by atoms with Gasteiger partial charge in [-0.3, -0.25) is 19.8 Å². The number of hydrazine groups is 1. The van der Waals surface area contributed by atoms with Gasteiger partial charge in [0.05, 0.1) is 13.3 Å². The molecule has 2 atom stereocenters. The molecule has 2 N–H and O–H groups in total. The van der Waals surface area contributed by atoms with Gasteiger partial charge in [-0.15, -0.1) is 17.4 Å². The molecule has 13 heteroatoms. The first-order valence-corrected chi connectivity index (χ1v) is 15.4. The third kappa shape index (κ3) is 8.68. The normalized spacial score (nSPS) is 19.7. The summed E-state index contributed by atoms with van der Waals surface area (Å²) in [6, 6.07) is 6.51. The van der Waals surface area contributed by atoms with E-state index in [1.54, 1.807) is 18.3 Å². The van der Waals surface area contributed by atoms with Crippen molar-refractivity contribution < 1.29 is 69.6 Å². The van der Waals surface area contributed by atoms with E-state index in [4.69, 9.17) is 14.8 Å². The SMILES string of the molecule is CC.COc1cnc(C(F)F)cc1-c1cc(-n2ccc(C3CCOCC3)cc2=O)ncc1[N-]C1NNC(C#CC2CC2)S1.[K+]. The summed E-state index contributed by atoms with van der Waals surface area (Å²) in [4.78, 5) is 21.6. The summed E-state index contributed by atoms with van der Waals surface area (Å²) in [6.45, 7) is 5.35. The van der Waals surface area contributed by atoms with Gasteiger partial charge in [-0.1, -0.05) is 25.7 Å². The van der Waals surface area contributed by atoms with E-state index in [9.17, 15) is 13.6 Å². The van der Waals surface area contributed by atoms with Gasteiger partial charge in [0.15, 0.2) is 0 Å². The fourth-order valence-electron chi connectivity index (χ4n) is 4.83. The molecular formula is C31H35F2KN6O3S. The number of halogens is 2. The van der Waals surface area contributed by atoms with Gasteiger partial charge in [0.1, 0.15) is 22.6 Å². The molecule has 1 saturated carbocycles. The molecule has 3 fully saturated rings. The van der Waals surface area contributed by atoms with Crippen LogP contribution in [0.1, 0.15) is 63.1 Å². The first kappa shape index (κ1) is 35.0. The summed E-state index contributed by atoms with van der Waals surface area (Å²) in [5.74, 6) is 7.84. The molecule has 3 aromatic rings. The molecule has 2 saturated heterocycles. The molecule has 0 bridgehead atoms. The Hall–Kier alpha value is -1.86. The molecule has 228 valence electrons. The quantitative estimate of drug-likeness (QED) is 0.298. The van der Waals surface area contributed by atoms with E-state index in [0.717, 1.165) is 31.2 Å². The Morgan fingerprint density at radius 1 is 1.07 bits per heavy atom. The Morgan fingerprint density at radius 2 is 1.84 bits per heavy atom. The monoisotopic (exact) mass is 648 g/mol. The minimum atomic E-state index is -2.77. The molecule has 2 aliphatic heterocycles. The topological polar surface area (TPSA) is 104 Å². The standard InChI is InChI=1S/C29H29F2N6O3S.C2H6.K/c1-39-24-16-32-22(28(30)31)13-21(24)20-14-25(37-9-6-19(12-27(37)38)18-7-10-40-11-8-18)33-15-23(20)34-29-36-35-26(41-29)5-4-17-2-3-17;1-2;/h6,9,12-18,26,28-29,35-36H,2-3,7-8,10-11H2,1H3;1-2H3;/q-1;;+1. The molecule has 2 unspecified atom stereocenters. The van der Waals surface area contributed by atoms with Crippen LogP contribution in [0, 0.1) is 17.8 Å². The van der Waals surface area contributed by atoms with Crippen molar-refractivity contribution in [3.05, 3.63) is 69.8 Å². The number of aromatic nitrogens is 3. The van der Waals surface area contributed by atoms with Crippen LogP contribution < -0.4 is 72.5 Å². The molecule has 0 spiro atoms. The van der Waals surface area contributed by atoms with Crippen LogP contribution in [0.2, 0.25) is 0 Å². The number of ether oxygens (including phenoxy) is 2. The smallest absolute Gasteiger partial charge is 0.658 e. The molecule has 0 radical (unpaired) electrons. The summed E-state index contributed by atoms with van der Waals surface area (Å²) in [5.41, 5.74) is 7.47. The molecule has 9 nitrogen and oxygen atoms in total. The number of hydrogen-bond donors (Lipinski definition) is 2. The molecule has 6 rings (SSSR count). The maximum atomic E-state index is 13.7. The molecule has 0 amide bonds. The van der Waals surface area contributed by atoms with Crippen LogP contribution in [0.4, 0.5) is 14.5 Å². The van der Waals surface area contributed by atoms with Gasteiger partial charge in [0.25, 0.3) is 12.0 Å². The largest absolute Gasteiger partial charge is 1.00 e. The number of nitrogens with one attached hydrogen (secondary N) is 2. The molecular weight excluding hydrogens is 614 g/mol. The molecule has 44 heavy (non-hydrogen) atoms. The summed E-state index contributed by atoms with van der Waals surface area (Å²) >= 11 is 1.50. The van der Waals surface area contributed by atoms with Crippen LogP contribution in [-0.2, 0) is 4.74 Å². The summed E-state index contributed by atoms with van der Waals surface area (Å²) in [6.07, 6.45) is 5.75. The van der Waals surface area contributed by atoms with Crippen molar-refractivity contribution in [3.8, 4) is 34.5 Å². The second-order valence-electron chi connectivity index (χ2n) is 10.1. The van der Waals surface area contributed by atoms with Crippen molar-refractivity contribution in [1.82, 2.24) is 25.4 Å². The zero-order valence-electron chi connectivity index (χ0n) is 25.3. The van der Waals surface area contributed by atoms with Crippen molar-refractivity contribution in [2.24, 2.45) is 5.92 Å². The number of alkyl halides is 2. The van der Waals surface area contributed by atoms with Gasteiger partial charge in [-0.05, 0) is 66.4 Å². The van der Waals surface area contributed by atoms with Crippen LogP contribution in [0.25, 0.3) is 22.3 Å². The Morgan fingerprint density at radius 3 is 2.52 bits per heavy atom. The van der Waals surface area contributed by atoms with Gasteiger partial charge >= 0.3 is 51.4 Å². The predicted octanol–water partition coefficient (Wildman–Crippen LogP) is 3.03. The van der Waals surface area contributed by atoms with Gasteiger partial charge in [0.2, 0.25) is 0 Å². The molecule has 3 aromatic heterocycles. The maximum absolute atomic E-state index is 13.7. The zero-order chi connectivity index (χ0) is 30.3. The number of rotatable bonds is 7. The third-order valence-corrected chi connectivity index (χ3v) is 8.22. The Balaban J connectivity index is 0.00000144. The van der Waals surface area contributed by atoms with Gasteiger partial charge < -0.3 is 14.8 Å². The van der Waals surface area contributed by atoms with Crippen molar-refractivity contribution >= 4 is 17.4 Å². The molecule has 0 aromatic carbocycles. The van der Waals surface area contributed by atoms with E-state index in [1.165, 1.54) is 41.9 Å². The van der Waals surface area contributed by atoms with Crippen molar-refractivity contribution in [2.45, 2.75) is 62.7 Å². The second kappa shape index (κ2) is 16.6. The number of pyridine rings is 3. The van der Waals surface area contributed by atoms with Crippen molar-refractivity contribution in [1.29, 1.82) is 0 Å². The minimum Gasteiger partial charge on any atom is -0.658 e.